The number of primary amides is 1. The lowest BCUT2D eigenvalue weighted by Crippen LogP contribution is -2.13. The molecule has 0 spiro atoms. The Morgan fingerprint density at radius 3 is 2.61 bits per heavy atom. The number of anilines is 3. The first kappa shape index (κ1) is 24.7. The predicted molar refractivity (Wildman–Crippen MR) is 133 cm³/mol. The van der Waals surface area contributed by atoms with Crippen LogP contribution in [0.15, 0.2) is 54.9 Å². The number of nitrogens with two attached hydrogens (primary N) is 2. The normalized spacial score (nSPS) is 13.7. The van der Waals surface area contributed by atoms with Gasteiger partial charge in [-0.1, -0.05) is 42.7 Å². The lowest BCUT2D eigenvalue weighted by atomic mass is 9.96. The fourth-order valence-electron chi connectivity index (χ4n) is 4.45. The molecule has 2 heterocycles. The molecular formula is C25H25FN9O. The maximum atomic E-state index is 14.6. The van der Waals surface area contributed by atoms with Gasteiger partial charge in [0.15, 0.2) is 5.82 Å². The van der Waals surface area contributed by atoms with Crippen LogP contribution in [-0.2, 0) is 0 Å². The van der Waals surface area contributed by atoms with Crippen molar-refractivity contribution in [2.75, 3.05) is 11.1 Å². The van der Waals surface area contributed by atoms with Crippen molar-refractivity contribution in [3.63, 3.8) is 0 Å². The number of carbonyl (C=O) groups excluding carboxylic acids is 1. The summed E-state index contributed by atoms with van der Waals surface area (Å²) in [5.41, 5.74) is 14.8. The van der Waals surface area contributed by atoms with Gasteiger partial charge in [0, 0.05) is 28.7 Å². The van der Waals surface area contributed by atoms with Crippen molar-refractivity contribution in [2.24, 2.45) is 5.73 Å². The quantitative estimate of drug-likeness (QED) is 0.346. The Kier molecular flexibility index (Phi) is 7.20. The average Bonchev–Trinajstić information content (AvgIpc) is 3.36. The summed E-state index contributed by atoms with van der Waals surface area (Å²) in [5.74, 6) is -0.989. The third-order valence-electron chi connectivity index (χ3n) is 6.24. The number of nitrogens with zero attached hydrogens (tertiary/aromatic N) is 6. The monoisotopic (exact) mass is 486 g/mol. The molecule has 0 unspecified atom stereocenters. The molecule has 183 valence electrons. The Balaban J connectivity index is 0.00000304. The number of para-hydroxylation sites is 1. The molecular weight excluding hydrogens is 461 g/mol. The van der Waals surface area contributed by atoms with Gasteiger partial charge in [0.05, 0.1) is 18.4 Å². The van der Waals surface area contributed by atoms with E-state index in [0.29, 0.717) is 33.8 Å². The summed E-state index contributed by atoms with van der Waals surface area (Å²) in [4.78, 5) is 20.4. The highest BCUT2D eigenvalue weighted by Gasteiger charge is 2.20. The number of amides is 1. The van der Waals surface area contributed by atoms with Crippen molar-refractivity contribution in [1.82, 2.24) is 31.1 Å². The minimum absolute atomic E-state index is 0. The number of benzene rings is 2. The Bertz CT molecular complexity index is 1380. The lowest BCUT2D eigenvalue weighted by molar-refractivity contribution is 0.100. The molecule has 4 aromatic rings. The van der Waals surface area contributed by atoms with Gasteiger partial charge < -0.3 is 16.8 Å². The van der Waals surface area contributed by atoms with E-state index in [4.69, 9.17) is 11.5 Å². The minimum atomic E-state index is -0.590. The van der Waals surface area contributed by atoms with Crippen molar-refractivity contribution in [1.29, 1.82) is 0 Å². The van der Waals surface area contributed by atoms with Crippen LogP contribution in [0.2, 0.25) is 0 Å². The first-order valence-corrected chi connectivity index (χ1v) is 11.5. The molecule has 1 saturated carbocycles. The van der Waals surface area contributed by atoms with Gasteiger partial charge in [-0.15, -0.1) is 5.10 Å². The first-order chi connectivity index (χ1) is 17.0. The Morgan fingerprint density at radius 2 is 1.86 bits per heavy atom. The predicted octanol–water partition coefficient (Wildman–Crippen LogP) is 3.99. The number of carbonyl (C=O) groups is 1. The number of rotatable bonds is 6. The summed E-state index contributed by atoms with van der Waals surface area (Å²) in [6.07, 6.45) is 8.45. The molecule has 0 saturated heterocycles. The van der Waals surface area contributed by atoms with Gasteiger partial charge >= 0.3 is 0 Å². The SMILES string of the molecule is NC(=O)c1ccc(Nc2ncc(F)c(-c3cn(C4CCCCC4)nn3)n2)cc1-c1ccccc1N.[N]. The Hall–Kier alpha value is -4.38. The van der Waals surface area contributed by atoms with Crippen LogP contribution in [0.25, 0.3) is 22.5 Å². The van der Waals surface area contributed by atoms with Gasteiger partial charge in [-0.2, -0.15) is 0 Å². The fraction of sp³-hybridized carbons (Fsp3) is 0.240. The Labute approximate surface area is 207 Å². The highest BCUT2D eigenvalue weighted by atomic mass is 19.1. The summed E-state index contributed by atoms with van der Waals surface area (Å²) in [5, 5.41) is 11.4. The van der Waals surface area contributed by atoms with E-state index in [1.54, 1.807) is 30.5 Å². The van der Waals surface area contributed by atoms with Gasteiger partial charge in [-0.25, -0.2) is 19.0 Å². The molecule has 5 rings (SSSR count). The first-order valence-electron chi connectivity index (χ1n) is 11.5. The maximum Gasteiger partial charge on any atom is 0.249 e. The second kappa shape index (κ2) is 10.5. The molecule has 0 atom stereocenters. The van der Waals surface area contributed by atoms with E-state index in [2.05, 4.69) is 25.6 Å². The highest BCUT2D eigenvalue weighted by molar-refractivity contribution is 6.02. The zero-order valence-corrected chi connectivity index (χ0v) is 19.4. The van der Waals surface area contributed by atoms with Crippen LogP contribution in [0.4, 0.5) is 21.7 Å². The molecule has 0 aliphatic heterocycles. The maximum absolute atomic E-state index is 14.6. The second-order valence-electron chi connectivity index (χ2n) is 8.60. The molecule has 1 amide bonds. The number of nitrogens with one attached hydrogen (secondary N) is 1. The summed E-state index contributed by atoms with van der Waals surface area (Å²) in [7, 11) is 0. The highest BCUT2D eigenvalue weighted by Crippen LogP contribution is 2.32. The molecule has 5 N–H and O–H groups in total. The molecule has 1 fully saturated rings. The zero-order valence-electron chi connectivity index (χ0n) is 19.4. The van der Waals surface area contributed by atoms with Gasteiger partial charge in [0.2, 0.25) is 11.9 Å². The van der Waals surface area contributed by atoms with Crippen LogP contribution < -0.4 is 22.9 Å². The second-order valence-corrected chi connectivity index (χ2v) is 8.60. The third kappa shape index (κ3) is 5.01. The fourth-order valence-corrected chi connectivity index (χ4v) is 4.45. The molecule has 1 aliphatic rings. The van der Waals surface area contributed by atoms with Crippen molar-refractivity contribution in [3.05, 3.63) is 66.2 Å². The van der Waals surface area contributed by atoms with Crippen LogP contribution >= 0.6 is 0 Å². The van der Waals surface area contributed by atoms with Crippen molar-refractivity contribution < 1.29 is 9.18 Å². The van der Waals surface area contributed by atoms with Crippen LogP contribution in [0, 0.1) is 5.82 Å². The minimum Gasteiger partial charge on any atom is -0.398 e. The molecule has 0 bridgehead atoms. The van der Waals surface area contributed by atoms with Crippen molar-refractivity contribution in [2.45, 2.75) is 38.1 Å². The summed E-state index contributed by atoms with van der Waals surface area (Å²) >= 11 is 0. The molecule has 10 nitrogen and oxygen atoms in total. The van der Waals surface area contributed by atoms with Gasteiger partial charge in [-0.05, 0) is 42.7 Å². The van der Waals surface area contributed by atoms with E-state index in [1.165, 1.54) is 6.42 Å². The standard InChI is InChI=1S/C25H25FN8O.N/c26-20-13-29-25(31-23(20)22-14-34(33-32-22)16-6-2-1-3-7-16)30-15-10-11-18(24(28)35)19(12-15)17-8-4-5-9-21(17)27;/h4-5,8-14,16H,1-3,6-7,27H2,(H2,28,35)(H,29,30,31);. The van der Waals surface area contributed by atoms with Crippen LogP contribution in [0.1, 0.15) is 48.5 Å². The van der Waals surface area contributed by atoms with E-state index in [1.807, 2.05) is 22.9 Å². The van der Waals surface area contributed by atoms with Gasteiger partial charge in [-0.3, -0.25) is 4.79 Å². The number of aromatic nitrogens is 5. The number of nitrogen functional groups attached to an aromatic ring is 1. The van der Waals surface area contributed by atoms with Crippen molar-refractivity contribution >= 4 is 23.2 Å². The van der Waals surface area contributed by atoms with E-state index >= 15 is 0 Å². The van der Waals surface area contributed by atoms with Crippen LogP contribution in [0.5, 0.6) is 0 Å². The third-order valence-corrected chi connectivity index (χ3v) is 6.24. The zero-order chi connectivity index (χ0) is 24.4. The number of hydrogen-bond acceptors (Lipinski definition) is 7. The van der Waals surface area contributed by atoms with Crippen molar-refractivity contribution in [3.8, 4) is 22.5 Å². The summed E-state index contributed by atoms with van der Waals surface area (Å²) < 4.78 is 16.4. The van der Waals surface area contributed by atoms with Crippen LogP contribution in [-0.4, -0.2) is 30.9 Å². The van der Waals surface area contributed by atoms with E-state index in [0.717, 1.165) is 31.9 Å². The summed E-state index contributed by atoms with van der Waals surface area (Å²) in [6, 6.07) is 12.5. The summed E-state index contributed by atoms with van der Waals surface area (Å²) in [6.45, 7) is 0. The van der Waals surface area contributed by atoms with Gasteiger partial charge in [0.25, 0.3) is 0 Å². The van der Waals surface area contributed by atoms with Crippen LogP contribution in [0.3, 0.4) is 0 Å². The number of halogens is 1. The lowest BCUT2D eigenvalue weighted by Gasteiger charge is -2.20. The molecule has 2 aromatic heterocycles. The molecule has 36 heavy (non-hydrogen) atoms. The molecule has 1 aliphatic carbocycles. The Morgan fingerprint density at radius 1 is 1.08 bits per heavy atom. The largest absolute Gasteiger partial charge is 0.398 e. The molecule has 11 heteroatoms. The number of hydrogen-bond donors (Lipinski definition) is 3. The van der Waals surface area contributed by atoms with Gasteiger partial charge in [0.1, 0.15) is 11.4 Å². The molecule has 2 aromatic carbocycles. The smallest absolute Gasteiger partial charge is 0.249 e. The molecule has 3 radical (unpaired) electrons. The van der Waals surface area contributed by atoms with E-state index in [-0.39, 0.29) is 23.8 Å². The average molecular weight is 487 g/mol. The topological polar surface area (TPSA) is 168 Å². The van der Waals surface area contributed by atoms with E-state index < -0.39 is 11.7 Å². The van der Waals surface area contributed by atoms with E-state index in [9.17, 15) is 9.18 Å².